The maximum Gasteiger partial charge on any atom is 0.321 e. The molecule has 0 saturated carbocycles. The van der Waals surface area contributed by atoms with Gasteiger partial charge in [-0.25, -0.2) is 16.8 Å². The largest absolute Gasteiger partial charge is 0.480 e. The lowest BCUT2D eigenvalue weighted by Crippen LogP contribution is -2.44. The Morgan fingerprint density at radius 3 is 2.22 bits per heavy atom. The highest BCUT2D eigenvalue weighted by molar-refractivity contribution is 7.90. The second kappa shape index (κ2) is 6.12. The molecule has 0 radical (unpaired) electrons. The van der Waals surface area contributed by atoms with Crippen LogP contribution in [0.3, 0.4) is 0 Å². The van der Waals surface area contributed by atoms with Crippen molar-refractivity contribution in [3.8, 4) is 6.07 Å². The zero-order chi connectivity index (χ0) is 14.6. The Hall–Kier alpha value is -1.18. The molecule has 0 aromatic rings. The van der Waals surface area contributed by atoms with Gasteiger partial charge in [-0.2, -0.15) is 9.98 Å². The molecule has 104 valence electrons. The lowest BCUT2D eigenvalue weighted by molar-refractivity contribution is -0.139. The van der Waals surface area contributed by atoms with Crippen LogP contribution in [0.4, 0.5) is 0 Å². The molecule has 0 aromatic heterocycles. The van der Waals surface area contributed by atoms with E-state index in [9.17, 15) is 21.6 Å². The molecular weight excluding hydrogens is 284 g/mol. The first-order valence-electron chi connectivity index (χ1n) is 4.81. The number of sulfonamides is 1. The predicted molar refractivity (Wildman–Crippen MR) is 62.9 cm³/mol. The first-order valence-corrected chi connectivity index (χ1v) is 8.41. The fraction of sp³-hybridized carbons (Fsp3) is 0.750. The summed E-state index contributed by atoms with van der Waals surface area (Å²) in [5.41, 5.74) is 0. The van der Waals surface area contributed by atoms with Crippen molar-refractivity contribution in [2.75, 3.05) is 12.0 Å². The molecule has 0 bridgehead atoms. The van der Waals surface area contributed by atoms with Crippen LogP contribution in [-0.2, 0) is 24.7 Å². The van der Waals surface area contributed by atoms with Gasteiger partial charge in [-0.05, 0) is 13.3 Å². The summed E-state index contributed by atoms with van der Waals surface area (Å²) in [4.78, 5) is 10.8. The maximum atomic E-state index is 11.5. The average Bonchev–Trinajstić information content (AvgIpc) is 2.21. The highest BCUT2D eigenvalue weighted by atomic mass is 32.2. The summed E-state index contributed by atoms with van der Waals surface area (Å²) >= 11 is 0. The lowest BCUT2D eigenvalue weighted by Gasteiger charge is -2.15. The smallest absolute Gasteiger partial charge is 0.321 e. The molecule has 0 aromatic carbocycles. The van der Waals surface area contributed by atoms with Crippen molar-refractivity contribution < 1.29 is 26.7 Å². The summed E-state index contributed by atoms with van der Waals surface area (Å²) in [6.45, 7) is 1.10. The molecule has 0 aliphatic carbocycles. The van der Waals surface area contributed by atoms with Gasteiger partial charge in [-0.1, -0.05) is 0 Å². The van der Waals surface area contributed by atoms with Crippen LogP contribution in [0.25, 0.3) is 0 Å². The third-order valence-electron chi connectivity index (χ3n) is 2.03. The molecule has 2 N–H and O–H groups in total. The molecule has 0 aliphatic heterocycles. The van der Waals surface area contributed by atoms with E-state index in [0.717, 1.165) is 13.2 Å². The zero-order valence-electron chi connectivity index (χ0n) is 9.82. The number of rotatable bonds is 7. The van der Waals surface area contributed by atoms with E-state index in [0.29, 0.717) is 0 Å². The monoisotopic (exact) mass is 298 g/mol. The molecule has 0 spiro atoms. The van der Waals surface area contributed by atoms with E-state index >= 15 is 0 Å². The molecule has 0 saturated heterocycles. The van der Waals surface area contributed by atoms with E-state index in [-0.39, 0.29) is 0 Å². The van der Waals surface area contributed by atoms with E-state index in [4.69, 9.17) is 10.4 Å². The highest BCUT2D eigenvalue weighted by Gasteiger charge is 2.28. The number of hydrogen-bond donors (Lipinski definition) is 2. The van der Waals surface area contributed by atoms with Gasteiger partial charge in [0.1, 0.15) is 15.9 Å². The second-order valence-electron chi connectivity index (χ2n) is 3.74. The van der Waals surface area contributed by atoms with Crippen LogP contribution in [0.15, 0.2) is 0 Å². The highest BCUT2D eigenvalue weighted by Crippen LogP contribution is 2.03. The minimum atomic E-state index is -4.11. The van der Waals surface area contributed by atoms with Crippen molar-refractivity contribution >= 4 is 25.8 Å². The number of carbonyl (C=O) groups is 1. The van der Waals surface area contributed by atoms with Crippen LogP contribution in [0.1, 0.15) is 13.3 Å². The standard InChI is InChI=1S/C8H14N2O6S2/c1-6(5-9)18(15,16)10-7(8(11)12)3-4-17(2,13)14/h6-7,10H,3-4H2,1-2H3,(H,11,12). The number of nitrogens with one attached hydrogen (secondary N) is 1. The van der Waals surface area contributed by atoms with Crippen LogP contribution in [-0.4, -0.2) is 51.2 Å². The topological polar surface area (TPSA) is 141 Å². The average molecular weight is 298 g/mol. The van der Waals surface area contributed by atoms with Gasteiger partial charge in [0.05, 0.1) is 11.8 Å². The third kappa shape index (κ3) is 5.95. The van der Waals surface area contributed by atoms with Gasteiger partial charge in [0.25, 0.3) is 0 Å². The Morgan fingerprint density at radius 1 is 1.39 bits per heavy atom. The molecule has 2 atom stereocenters. The number of nitriles is 1. The summed E-state index contributed by atoms with van der Waals surface area (Å²) in [5, 5.41) is 15.8. The number of carboxylic acids is 1. The van der Waals surface area contributed by atoms with Crippen LogP contribution >= 0.6 is 0 Å². The van der Waals surface area contributed by atoms with E-state index in [1.807, 2.05) is 0 Å². The van der Waals surface area contributed by atoms with Gasteiger partial charge in [-0.15, -0.1) is 0 Å². The SMILES string of the molecule is CC(C#N)S(=O)(=O)NC(CCS(C)(=O)=O)C(=O)O. The Bertz CT molecular complexity index is 545. The van der Waals surface area contributed by atoms with Gasteiger partial charge in [0.15, 0.2) is 5.25 Å². The Labute approximate surface area is 106 Å². The van der Waals surface area contributed by atoms with Crippen molar-refractivity contribution in [1.29, 1.82) is 5.26 Å². The van der Waals surface area contributed by atoms with E-state index in [1.54, 1.807) is 4.72 Å². The Kier molecular flexibility index (Phi) is 5.72. The lowest BCUT2D eigenvalue weighted by atomic mass is 10.2. The number of sulfone groups is 1. The summed E-state index contributed by atoms with van der Waals surface area (Å²) in [7, 11) is -7.51. The van der Waals surface area contributed by atoms with E-state index in [1.165, 1.54) is 6.07 Å². The fourth-order valence-corrected chi connectivity index (χ4v) is 2.56. The molecule has 0 amide bonds. The molecule has 10 heteroatoms. The van der Waals surface area contributed by atoms with Crippen molar-refractivity contribution in [1.82, 2.24) is 4.72 Å². The number of hydrogen-bond acceptors (Lipinski definition) is 6. The quantitative estimate of drug-likeness (QED) is 0.595. The maximum absolute atomic E-state index is 11.5. The Balaban J connectivity index is 4.87. The number of carboxylic acid groups (broad SMARTS) is 1. The molecule has 8 nitrogen and oxygen atoms in total. The molecule has 0 rings (SSSR count). The van der Waals surface area contributed by atoms with Crippen LogP contribution < -0.4 is 4.72 Å². The molecule has 0 aliphatic rings. The number of aliphatic carboxylic acids is 1. The van der Waals surface area contributed by atoms with Crippen molar-refractivity contribution in [3.63, 3.8) is 0 Å². The van der Waals surface area contributed by atoms with E-state index < -0.39 is 49.3 Å². The van der Waals surface area contributed by atoms with Crippen LogP contribution in [0.2, 0.25) is 0 Å². The second-order valence-corrected chi connectivity index (χ2v) is 8.04. The zero-order valence-corrected chi connectivity index (χ0v) is 11.5. The summed E-state index contributed by atoms with van der Waals surface area (Å²) in [5.74, 6) is -1.96. The van der Waals surface area contributed by atoms with Crippen molar-refractivity contribution in [2.24, 2.45) is 0 Å². The first kappa shape index (κ1) is 16.8. The summed E-state index contributed by atoms with van der Waals surface area (Å²) < 4.78 is 46.5. The van der Waals surface area contributed by atoms with Gasteiger partial charge in [0.2, 0.25) is 10.0 Å². The minimum absolute atomic E-state index is 0.397. The fourth-order valence-electron chi connectivity index (χ4n) is 0.934. The van der Waals surface area contributed by atoms with Gasteiger partial charge >= 0.3 is 5.97 Å². The van der Waals surface area contributed by atoms with Crippen molar-refractivity contribution in [3.05, 3.63) is 0 Å². The molecule has 2 unspecified atom stereocenters. The van der Waals surface area contributed by atoms with Gasteiger partial charge in [0, 0.05) is 6.26 Å². The van der Waals surface area contributed by atoms with Gasteiger partial charge < -0.3 is 5.11 Å². The molecular formula is C8H14N2O6S2. The third-order valence-corrected chi connectivity index (χ3v) is 4.66. The summed E-state index contributed by atoms with van der Waals surface area (Å²) in [6, 6.07) is -0.109. The Morgan fingerprint density at radius 2 is 1.89 bits per heavy atom. The molecule has 0 heterocycles. The predicted octanol–water partition coefficient (Wildman–Crippen LogP) is -1.29. The van der Waals surface area contributed by atoms with Gasteiger partial charge in [-0.3, -0.25) is 4.79 Å². The normalized spacial score (nSPS) is 15.6. The van der Waals surface area contributed by atoms with E-state index in [2.05, 4.69) is 0 Å². The number of nitrogens with zero attached hydrogens (tertiary/aromatic N) is 1. The first-order chi connectivity index (χ1) is 7.99. The molecule has 18 heavy (non-hydrogen) atoms. The molecule has 0 fully saturated rings. The van der Waals surface area contributed by atoms with Crippen molar-refractivity contribution in [2.45, 2.75) is 24.6 Å². The minimum Gasteiger partial charge on any atom is -0.480 e. The van der Waals surface area contributed by atoms with Crippen LogP contribution in [0, 0.1) is 11.3 Å². The summed E-state index contributed by atoms with van der Waals surface area (Å²) in [6.07, 6.45) is 0.518. The van der Waals surface area contributed by atoms with Crippen LogP contribution in [0.5, 0.6) is 0 Å².